The summed E-state index contributed by atoms with van der Waals surface area (Å²) in [7, 11) is 0. The van der Waals surface area contributed by atoms with E-state index in [9.17, 15) is 14.7 Å². The molecule has 24 heavy (non-hydrogen) atoms. The van der Waals surface area contributed by atoms with Crippen LogP contribution in [0.2, 0.25) is 0 Å². The number of terminal acetylenes is 1. The number of carbonyl (C=O) groups excluding carboxylic acids is 1. The molecule has 1 atom stereocenters. The van der Waals surface area contributed by atoms with Gasteiger partial charge in [0.15, 0.2) is 5.66 Å². The van der Waals surface area contributed by atoms with Crippen molar-refractivity contribution < 1.29 is 14.7 Å². The first-order chi connectivity index (χ1) is 11.4. The van der Waals surface area contributed by atoms with Crippen molar-refractivity contribution in [2.75, 3.05) is 0 Å². The van der Waals surface area contributed by atoms with Crippen molar-refractivity contribution in [1.29, 1.82) is 0 Å². The average molecular weight is 328 g/mol. The van der Waals surface area contributed by atoms with Gasteiger partial charge in [-0.15, -0.1) is 12.3 Å². The van der Waals surface area contributed by atoms with Gasteiger partial charge in [-0.2, -0.15) is 10.2 Å². The zero-order valence-electron chi connectivity index (χ0n) is 13.5. The highest BCUT2D eigenvalue weighted by Crippen LogP contribution is 2.37. The molecule has 0 saturated carbocycles. The number of hydrogen-bond donors (Lipinski definition) is 2. The Morgan fingerprint density at radius 1 is 1.38 bits per heavy atom. The topological polar surface area (TPSA) is 104 Å². The molecule has 0 saturated heterocycles. The Morgan fingerprint density at radius 2 is 2.12 bits per heavy atom. The number of aryl methyl sites for hydroxylation is 1. The maximum Gasteiger partial charge on any atom is 0.326 e. The predicted octanol–water partition coefficient (Wildman–Crippen LogP) is 1.86. The van der Waals surface area contributed by atoms with E-state index in [-0.39, 0.29) is 18.7 Å². The molecule has 0 radical (unpaired) electrons. The lowest BCUT2D eigenvalue weighted by Crippen LogP contribution is -2.42. The summed E-state index contributed by atoms with van der Waals surface area (Å²) < 4.78 is 0. The molecule has 0 aliphatic carbocycles. The fourth-order valence-electron chi connectivity index (χ4n) is 2.37. The highest BCUT2D eigenvalue weighted by Gasteiger charge is 2.39. The first kappa shape index (κ1) is 17.6. The normalized spacial score (nSPS) is 15.3. The van der Waals surface area contributed by atoms with Crippen LogP contribution < -0.4 is 5.32 Å². The zero-order chi connectivity index (χ0) is 17.6. The lowest BCUT2D eigenvalue weighted by Gasteiger charge is -2.15. The Bertz CT molecular complexity index is 687. The summed E-state index contributed by atoms with van der Waals surface area (Å²) in [6.07, 6.45) is 7.12. The van der Waals surface area contributed by atoms with Crippen LogP contribution in [0.25, 0.3) is 0 Å². The quantitative estimate of drug-likeness (QED) is 0.675. The number of aliphatic carboxylic acids is 1. The molecular weight excluding hydrogens is 308 g/mol. The summed E-state index contributed by atoms with van der Waals surface area (Å²) in [6.45, 7) is 1.83. The molecule has 126 valence electrons. The van der Waals surface area contributed by atoms with Crippen LogP contribution in [-0.2, 0) is 16.0 Å². The van der Waals surface area contributed by atoms with Gasteiger partial charge >= 0.3 is 5.97 Å². The Balaban J connectivity index is 1.85. The number of carbonyl (C=O) groups is 2. The first-order valence-electron chi connectivity index (χ1n) is 7.76. The van der Waals surface area contributed by atoms with Crippen molar-refractivity contribution in [3.8, 4) is 12.3 Å². The molecular formula is C17H20N4O3. The highest BCUT2D eigenvalue weighted by molar-refractivity contribution is 5.83. The van der Waals surface area contributed by atoms with E-state index in [1.54, 1.807) is 6.07 Å². The second-order valence-electron chi connectivity index (χ2n) is 5.82. The van der Waals surface area contributed by atoms with Gasteiger partial charge in [-0.1, -0.05) is 6.07 Å². The molecule has 7 heteroatoms. The number of carboxylic acid groups (broad SMARTS) is 1. The van der Waals surface area contributed by atoms with Gasteiger partial charge in [0, 0.05) is 43.5 Å². The van der Waals surface area contributed by atoms with Crippen molar-refractivity contribution >= 4 is 11.9 Å². The van der Waals surface area contributed by atoms with Crippen molar-refractivity contribution in [2.24, 2.45) is 10.2 Å². The molecule has 1 aromatic rings. The third kappa shape index (κ3) is 5.16. The largest absolute Gasteiger partial charge is 0.480 e. The van der Waals surface area contributed by atoms with Crippen LogP contribution in [0.1, 0.15) is 37.1 Å². The van der Waals surface area contributed by atoms with E-state index in [4.69, 9.17) is 6.42 Å². The van der Waals surface area contributed by atoms with Gasteiger partial charge in [-0.05, 0) is 19.1 Å². The van der Waals surface area contributed by atoms with Gasteiger partial charge in [0.05, 0.1) is 0 Å². The maximum absolute atomic E-state index is 12.0. The molecule has 0 bridgehead atoms. The van der Waals surface area contributed by atoms with Crippen LogP contribution in [0.3, 0.4) is 0 Å². The lowest BCUT2D eigenvalue weighted by atomic mass is 10.0. The number of amides is 1. The van der Waals surface area contributed by atoms with Gasteiger partial charge < -0.3 is 10.4 Å². The fourth-order valence-corrected chi connectivity index (χ4v) is 2.37. The SMILES string of the molecule is C#CCCC1(CCC(=O)NC(Cc2cccc(C)n2)C(=O)O)N=N1. The summed E-state index contributed by atoms with van der Waals surface area (Å²) in [5.74, 6) is 1.10. The number of nitrogens with one attached hydrogen (secondary N) is 1. The average Bonchev–Trinajstić information content (AvgIpc) is 3.31. The highest BCUT2D eigenvalue weighted by atomic mass is 16.4. The minimum atomic E-state index is -1.09. The predicted molar refractivity (Wildman–Crippen MR) is 87.1 cm³/mol. The van der Waals surface area contributed by atoms with Gasteiger partial charge in [-0.3, -0.25) is 9.78 Å². The molecule has 0 spiro atoms. The van der Waals surface area contributed by atoms with E-state index in [1.165, 1.54) is 0 Å². The Kier molecular flexibility index (Phi) is 5.64. The Hall–Kier alpha value is -2.75. The van der Waals surface area contributed by atoms with Gasteiger partial charge in [0.1, 0.15) is 6.04 Å². The standard InChI is InChI=1S/C17H20N4O3/c1-3-4-9-17(20-21-17)10-8-15(22)19-14(16(23)24)11-13-7-5-6-12(2)18-13/h1,5-7,14H,4,8-11H2,2H3,(H,19,22)(H,23,24). The van der Waals surface area contributed by atoms with E-state index in [2.05, 4.69) is 26.4 Å². The summed E-state index contributed by atoms with van der Waals surface area (Å²) >= 11 is 0. The molecule has 0 fully saturated rings. The molecule has 1 unspecified atom stereocenters. The van der Waals surface area contributed by atoms with Crippen molar-refractivity contribution in [3.05, 3.63) is 29.6 Å². The van der Waals surface area contributed by atoms with E-state index < -0.39 is 17.7 Å². The monoisotopic (exact) mass is 328 g/mol. The third-order valence-corrected chi connectivity index (χ3v) is 3.80. The van der Waals surface area contributed by atoms with Crippen LogP contribution in [0.15, 0.2) is 28.4 Å². The number of hydrogen-bond acceptors (Lipinski definition) is 5. The molecule has 1 aliphatic heterocycles. The van der Waals surface area contributed by atoms with Crippen LogP contribution in [0.4, 0.5) is 0 Å². The second kappa shape index (κ2) is 7.68. The minimum absolute atomic E-state index is 0.139. The van der Waals surface area contributed by atoms with Gasteiger partial charge in [0.2, 0.25) is 5.91 Å². The fraction of sp³-hybridized carbons (Fsp3) is 0.471. The Morgan fingerprint density at radius 3 is 2.71 bits per heavy atom. The molecule has 1 aliphatic rings. The first-order valence-corrected chi connectivity index (χ1v) is 7.76. The third-order valence-electron chi connectivity index (χ3n) is 3.80. The summed E-state index contributed by atoms with van der Waals surface area (Å²) in [5, 5.41) is 19.8. The summed E-state index contributed by atoms with van der Waals surface area (Å²) in [5.41, 5.74) is 0.885. The number of nitrogens with zero attached hydrogens (tertiary/aromatic N) is 3. The van der Waals surface area contributed by atoms with Crippen molar-refractivity contribution in [2.45, 2.75) is 50.7 Å². The number of aromatic nitrogens is 1. The number of rotatable bonds is 9. The molecule has 2 rings (SSSR count). The van der Waals surface area contributed by atoms with E-state index in [0.717, 1.165) is 5.69 Å². The van der Waals surface area contributed by atoms with E-state index >= 15 is 0 Å². The number of pyridine rings is 1. The van der Waals surface area contributed by atoms with Crippen LogP contribution in [0, 0.1) is 19.3 Å². The van der Waals surface area contributed by atoms with Crippen LogP contribution in [-0.4, -0.2) is 33.7 Å². The van der Waals surface area contributed by atoms with Gasteiger partial charge in [-0.25, -0.2) is 4.79 Å². The minimum Gasteiger partial charge on any atom is -0.480 e. The van der Waals surface area contributed by atoms with Crippen molar-refractivity contribution in [1.82, 2.24) is 10.3 Å². The van der Waals surface area contributed by atoms with E-state index in [0.29, 0.717) is 25.0 Å². The molecule has 1 aromatic heterocycles. The summed E-state index contributed by atoms with van der Waals surface area (Å²) in [4.78, 5) is 27.7. The second-order valence-corrected chi connectivity index (χ2v) is 5.82. The maximum atomic E-state index is 12.0. The molecule has 0 aromatic carbocycles. The lowest BCUT2D eigenvalue weighted by molar-refractivity contribution is -0.141. The molecule has 2 heterocycles. The van der Waals surface area contributed by atoms with Crippen LogP contribution >= 0.6 is 0 Å². The molecule has 2 N–H and O–H groups in total. The van der Waals surface area contributed by atoms with E-state index in [1.807, 2.05) is 19.1 Å². The smallest absolute Gasteiger partial charge is 0.326 e. The van der Waals surface area contributed by atoms with Gasteiger partial charge in [0.25, 0.3) is 0 Å². The Labute approximate surface area is 140 Å². The zero-order valence-corrected chi connectivity index (χ0v) is 13.5. The summed E-state index contributed by atoms with van der Waals surface area (Å²) in [6, 6.07) is 4.37. The van der Waals surface area contributed by atoms with Crippen LogP contribution in [0.5, 0.6) is 0 Å². The molecule has 1 amide bonds. The van der Waals surface area contributed by atoms with Crippen molar-refractivity contribution in [3.63, 3.8) is 0 Å². The number of carboxylic acids is 1. The molecule has 7 nitrogen and oxygen atoms in total.